The van der Waals surface area contributed by atoms with Crippen LogP contribution in [0.5, 0.6) is 5.75 Å². The molecule has 3 heterocycles. The monoisotopic (exact) mass is 466 g/mol. The van der Waals surface area contributed by atoms with Crippen LogP contribution >= 0.6 is 11.3 Å². The number of ether oxygens (including phenoxy) is 2. The number of carbonyl (C=O) groups is 1. The van der Waals surface area contributed by atoms with Gasteiger partial charge in [0.25, 0.3) is 5.91 Å². The third-order valence-electron chi connectivity index (χ3n) is 5.58. The number of hydrogen-bond donors (Lipinski definition) is 1. The first-order chi connectivity index (χ1) is 15.9. The van der Waals surface area contributed by atoms with Crippen LogP contribution in [0.3, 0.4) is 0 Å². The topological polar surface area (TPSA) is 86.2 Å². The minimum atomic E-state index is -0.280. The average molecular weight is 467 g/mol. The SMILES string of the molecule is Cc1ccc([C@@H](C)NC(=O)c2cc(OC[C@@H]3CCCO3)cc(-c3ncc(C(C)C)s3)c2)nn1. The van der Waals surface area contributed by atoms with Gasteiger partial charge < -0.3 is 14.8 Å². The largest absolute Gasteiger partial charge is 0.491 e. The number of aryl methyl sites for hydroxylation is 1. The van der Waals surface area contributed by atoms with E-state index in [0.29, 0.717) is 29.5 Å². The summed E-state index contributed by atoms with van der Waals surface area (Å²) < 4.78 is 11.7. The molecule has 1 N–H and O–H groups in total. The van der Waals surface area contributed by atoms with E-state index in [4.69, 9.17) is 9.47 Å². The van der Waals surface area contributed by atoms with Gasteiger partial charge in [0.1, 0.15) is 17.4 Å². The molecule has 1 aromatic carbocycles. The Balaban J connectivity index is 1.58. The van der Waals surface area contributed by atoms with Crippen LogP contribution in [0.2, 0.25) is 0 Å². The molecule has 0 bridgehead atoms. The van der Waals surface area contributed by atoms with Crippen molar-refractivity contribution in [2.75, 3.05) is 13.2 Å². The van der Waals surface area contributed by atoms with Crippen molar-refractivity contribution in [3.63, 3.8) is 0 Å². The van der Waals surface area contributed by atoms with Gasteiger partial charge in [-0.3, -0.25) is 4.79 Å². The van der Waals surface area contributed by atoms with Gasteiger partial charge in [0.2, 0.25) is 0 Å². The summed E-state index contributed by atoms with van der Waals surface area (Å²) in [6, 6.07) is 9.07. The molecule has 1 saturated heterocycles. The van der Waals surface area contributed by atoms with Crippen LogP contribution in [-0.4, -0.2) is 40.4 Å². The van der Waals surface area contributed by atoms with E-state index < -0.39 is 0 Å². The van der Waals surface area contributed by atoms with Crippen LogP contribution in [0, 0.1) is 6.92 Å². The number of nitrogens with zero attached hydrogens (tertiary/aromatic N) is 3. The number of carbonyl (C=O) groups excluding carboxylic acids is 1. The molecular formula is C25H30N4O3S. The minimum absolute atomic E-state index is 0.0958. The second-order valence-corrected chi connectivity index (χ2v) is 9.77. The molecule has 0 spiro atoms. The maximum absolute atomic E-state index is 13.1. The number of nitrogens with one attached hydrogen (secondary N) is 1. The van der Waals surface area contributed by atoms with Crippen molar-refractivity contribution in [2.24, 2.45) is 0 Å². The van der Waals surface area contributed by atoms with Crippen LogP contribution in [0.4, 0.5) is 0 Å². The molecule has 1 fully saturated rings. The molecule has 8 heteroatoms. The van der Waals surface area contributed by atoms with Crippen molar-refractivity contribution in [2.45, 2.75) is 58.6 Å². The van der Waals surface area contributed by atoms with E-state index in [1.807, 2.05) is 44.3 Å². The van der Waals surface area contributed by atoms with Crippen LogP contribution in [0.25, 0.3) is 10.6 Å². The number of thiazole rings is 1. The van der Waals surface area contributed by atoms with Crippen molar-refractivity contribution in [3.8, 4) is 16.3 Å². The van der Waals surface area contributed by atoms with Gasteiger partial charge >= 0.3 is 0 Å². The zero-order valence-electron chi connectivity index (χ0n) is 19.5. The van der Waals surface area contributed by atoms with Gasteiger partial charge in [0.05, 0.1) is 23.5 Å². The molecule has 33 heavy (non-hydrogen) atoms. The number of aromatic nitrogens is 3. The number of benzene rings is 1. The highest BCUT2D eigenvalue weighted by Gasteiger charge is 2.19. The molecule has 1 aliphatic rings. The molecule has 3 aromatic rings. The Bertz CT molecular complexity index is 1090. The highest BCUT2D eigenvalue weighted by molar-refractivity contribution is 7.15. The first-order valence-electron chi connectivity index (χ1n) is 11.4. The smallest absolute Gasteiger partial charge is 0.251 e. The molecule has 0 radical (unpaired) electrons. The van der Waals surface area contributed by atoms with Gasteiger partial charge in [-0.25, -0.2) is 4.98 Å². The molecule has 174 valence electrons. The second kappa shape index (κ2) is 10.4. The molecule has 2 aromatic heterocycles. The standard InChI is InChI=1S/C25H30N4O3S/c1-15(2)23-13-26-25(33-23)19-10-18(11-21(12-19)32-14-20-6-5-9-31-20)24(30)27-17(4)22-8-7-16(3)28-29-22/h7-8,10-13,15,17,20H,5-6,9,14H2,1-4H3,(H,27,30)/t17-,20+/m1/s1. The molecule has 1 amide bonds. The summed E-state index contributed by atoms with van der Waals surface area (Å²) >= 11 is 1.64. The Hall–Kier alpha value is -2.84. The third kappa shape index (κ3) is 5.94. The van der Waals surface area contributed by atoms with Crippen molar-refractivity contribution in [1.82, 2.24) is 20.5 Å². The van der Waals surface area contributed by atoms with E-state index in [2.05, 4.69) is 34.3 Å². The van der Waals surface area contributed by atoms with Crippen LogP contribution in [-0.2, 0) is 4.74 Å². The van der Waals surface area contributed by atoms with E-state index in [-0.39, 0.29) is 18.1 Å². The van der Waals surface area contributed by atoms with Crippen molar-refractivity contribution in [1.29, 1.82) is 0 Å². The van der Waals surface area contributed by atoms with Crippen molar-refractivity contribution in [3.05, 3.63) is 58.4 Å². The van der Waals surface area contributed by atoms with Gasteiger partial charge in [-0.2, -0.15) is 10.2 Å². The van der Waals surface area contributed by atoms with Crippen LogP contribution < -0.4 is 10.1 Å². The summed E-state index contributed by atoms with van der Waals surface area (Å²) in [6.45, 7) is 9.31. The molecule has 0 aliphatic carbocycles. The highest BCUT2D eigenvalue weighted by Crippen LogP contribution is 2.32. The summed E-state index contributed by atoms with van der Waals surface area (Å²) in [7, 11) is 0. The lowest BCUT2D eigenvalue weighted by atomic mass is 10.1. The Morgan fingerprint density at radius 1 is 1.24 bits per heavy atom. The van der Waals surface area contributed by atoms with Gasteiger partial charge in [0.15, 0.2) is 0 Å². The molecule has 7 nitrogen and oxygen atoms in total. The lowest BCUT2D eigenvalue weighted by molar-refractivity contribution is 0.0679. The van der Waals surface area contributed by atoms with E-state index >= 15 is 0 Å². The van der Waals surface area contributed by atoms with Gasteiger partial charge in [-0.15, -0.1) is 11.3 Å². The summed E-state index contributed by atoms with van der Waals surface area (Å²) in [5.41, 5.74) is 2.93. The molecule has 2 atom stereocenters. The maximum atomic E-state index is 13.1. The lowest BCUT2D eigenvalue weighted by Crippen LogP contribution is -2.27. The first-order valence-corrected chi connectivity index (χ1v) is 12.2. The highest BCUT2D eigenvalue weighted by atomic mass is 32.1. The van der Waals surface area contributed by atoms with Crippen LogP contribution in [0.1, 0.15) is 72.2 Å². The fraction of sp³-hybridized carbons (Fsp3) is 0.440. The van der Waals surface area contributed by atoms with E-state index in [0.717, 1.165) is 35.7 Å². The second-order valence-electron chi connectivity index (χ2n) is 8.71. The lowest BCUT2D eigenvalue weighted by Gasteiger charge is -2.16. The molecule has 4 rings (SSSR count). The predicted octanol–water partition coefficient (Wildman–Crippen LogP) is 5.08. The van der Waals surface area contributed by atoms with E-state index in [1.165, 1.54) is 4.88 Å². The predicted molar refractivity (Wildman–Crippen MR) is 129 cm³/mol. The molecule has 0 saturated carbocycles. The van der Waals surface area contributed by atoms with Crippen molar-refractivity contribution < 1.29 is 14.3 Å². The first kappa shape index (κ1) is 23.3. The zero-order chi connectivity index (χ0) is 23.4. The molecular weight excluding hydrogens is 436 g/mol. The fourth-order valence-corrected chi connectivity index (χ4v) is 4.49. The van der Waals surface area contributed by atoms with Crippen molar-refractivity contribution >= 4 is 17.2 Å². The van der Waals surface area contributed by atoms with Crippen LogP contribution in [0.15, 0.2) is 36.5 Å². The summed E-state index contributed by atoms with van der Waals surface area (Å²) in [6.07, 6.45) is 4.05. The van der Waals surface area contributed by atoms with Gasteiger partial charge in [-0.05, 0) is 62.9 Å². The average Bonchev–Trinajstić information content (AvgIpc) is 3.50. The number of amides is 1. The molecule has 0 unspecified atom stereocenters. The fourth-order valence-electron chi connectivity index (χ4n) is 3.58. The number of hydrogen-bond acceptors (Lipinski definition) is 7. The third-order valence-corrected chi connectivity index (χ3v) is 6.92. The van der Waals surface area contributed by atoms with E-state index in [1.54, 1.807) is 17.4 Å². The van der Waals surface area contributed by atoms with Gasteiger partial charge in [0, 0.05) is 28.8 Å². The summed E-state index contributed by atoms with van der Waals surface area (Å²) in [5.74, 6) is 0.834. The quantitative estimate of drug-likeness (QED) is 0.498. The Morgan fingerprint density at radius 3 is 2.76 bits per heavy atom. The van der Waals surface area contributed by atoms with Gasteiger partial charge in [-0.1, -0.05) is 13.8 Å². The van der Waals surface area contributed by atoms with E-state index in [9.17, 15) is 4.79 Å². The maximum Gasteiger partial charge on any atom is 0.251 e. The minimum Gasteiger partial charge on any atom is -0.491 e. The Kier molecular flexibility index (Phi) is 7.35. The Labute approximate surface area is 198 Å². The summed E-state index contributed by atoms with van der Waals surface area (Å²) in [4.78, 5) is 18.9. The Morgan fingerprint density at radius 2 is 2.09 bits per heavy atom. The zero-order valence-corrected chi connectivity index (χ0v) is 20.3. The molecule has 1 aliphatic heterocycles. The summed E-state index contributed by atoms with van der Waals surface area (Å²) in [5, 5.41) is 12.2. The normalized spacial score (nSPS) is 16.7. The number of rotatable bonds is 8.